The molecule has 0 amide bonds. The van der Waals surface area contributed by atoms with Gasteiger partial charge in [0.15, 0.2) is 6.10 Å². The Morgan fingerprint density at radius 1 is 0.969 bits per heavy atom. The molecule has 174 valence electrons. The van der Waals surface area contributed by atoms with Crippen molar-refractivity contribution in [2.24, 2.45) is 0 Å². The number of para-hydroxylation sites is 1. The van der Waals surface area contributed by atoms with Gasteiger partial charge in [0.25, 0.3) is 6.29 Å². The quantitative estimate of drug-likeness (QED) is 0.461. The average molecular weight is 467 g/mol. The van der Waals surface area contributed by atoms with E-state index in [2.05, 4.69) is 9.80 Å². The minimum atomic E-state index is -1.22. The number of nitrogens with zero attached hydrogens (tertiary/aromatic N) is 2. The number of halogens is 1. The van der Waals surface area contributed by atoms with Gasteiger partial charge in [-0.05, 0) is 18.2 Å². The molecule has 2 aliphatic rings. The van der Waals surface area contributed by atoms with Gasteiger partial charge in [0.05, 0.1) is 17.3 Å². The summed E-state index contributed by atoms with van der Waals surface area (Å²) in [7, 11) is 0. The van der Waals surface area contributed by atoms with Crippen molar-refractivity contribution in [1.29, 1.82) is 0 Å². The van der Waals surface area contributed by atoms with Gasteiger partial charge in [-0.25, -0.2) is 0 Å². The first-order valence-electron chi connectivity index (χ1n) is 10.3. The normalized spacial score (nSPS) is 23.6. The summed E-state index contributed by atoms with van der Waals surface area (Å²) >= 11 is 6.31. The van der Waals surface area contributed by atoms with Crippen molar-refractivity contribution < 1.29 is 33.3 Å². The minimum Gasteiger partial charge on any atom is -0.454 e. The van der Waals surface area contributed by atoms with E-state index in [0.717, 1.165) is 31.9 Å². The van der Waals surface area contributed by atoms with Crippen LogP contribution < -0.4 is 4.90 Å². The molecule has 2 aliphatic heterocycles. The molecule has 0 bridgehead atoms. The Kier molecular flexibility index (Phi) is 7.98. The first-order valence-corrected chi connectivity index (χ1v) is 10.7. The second-order valence-electron chi connectivity index (χ2n) is 7.59. The predicted molar refractivity (Wildman–Crippen MR) is 116 cm³/mol. The van der Waals surface area contributed by atoms with Crippen LogP contribution in [0.4, 0.5) is 5.69 Å². The van der Waals surface area contributed by atoms with Crippen LogP contribution in [-0.2, 0) is 33.3 Å². The highest BCUT2D eigenvalue weighted by Gasteiger charge is 2.42. The van der Waals surface area contributed by atoms with Gasteiger partial charge in [-0.3, -0.25) is 19.3 Å². The summed E-state index contributed by atoms with van der Waals surface area (Å²) in [5, 5.41) is 0.712. The molecule has 3 rings (SSSR count). The highest BCUT2D eigenvalue weighted by Crippen LogP contribution is 2.28. The molecule has 1 aromatic carbocycles. The molecular weight excluding hydrogens is 440 g/mol. The number of carbonyl (C=O) groups is 3. The van der Waals surface area contributed by atoms with Crippen LogP contribution in [0, 0.1) is 0 Å². The summed E-state index contributed by atoms with van der Waals surface area (Å²) in [5.41, 5.74) is 0.996. The maximum atomic E-state index is 11.6. The Labute approximate surface area is 191 Å². The van der Waals surface area contributed by atoms with E-state index >= 15 is 0 Å². The number of carbonyl (C=O) groups excluding carboxylic acids is 3. The van der Waals surface area contributed by atoms with Crippen molar-refractivity contribution in [3.63, 3.8) is 0 Å². The first kappa shape index (κ1) is 23.9. The molecule has 1 saturated heterocycles. The number of hydrogen-bond donors (Lipinski definition) is 0. The Hall–Kier alpha value is -2.78. The molecule has 0 aromatic heterocycles. The van der Waals surface area contributed by atoms with E-state index in [1.807, 2.05) is 24.3 Å². The number of piperazine rings is 1. The molecule has 1 fully saturated rings. The van der Waals surface area contributed by atoms with Gasteiger partial charge in [-0.15, -0.1) is 0 Å². The van der Waals surface area contributed by atoms with Gasteiger partial charge in [0, 0.05) is 47.0 Å². The summed E-state index contributed by atoms with van der Waals surface area (Å²) in [6, 6.07) is 7.72. The summed E-state index contributed by atoms with van der Waals surface area (Å²) in [4.78, 5) is 39.1. The van der Waals surface area contributed by atoms with Gasteiger partial charge in [-0.2, -0.15) is 0 Å². The molecule has 0 spiro atoms. The minimum absolute atomic E-state index is 0.415. The van der Waals surface area contributed by atoms with Crippen LogP contribution in [0.1, 0.15) is 20.8 Å². The van der Waals surface area contributed by atoms with E-state index in [9.17, 15) is 14.4 Å². The van der Waals surface area contributed by atoms with E-state index in [1.54, 1.807) is 6.08 Å². The second-order valence-corrected chi connectivity index (χ2v) is 8.00. The zero-order valence-corrected chi connectivity index (χ0v) is 19.0. The molecular formula is C22H27ClN2O7. The average Bonchev–Trinajstić information content (AvgIpc) is 2.70. The number of benzene rings is 1. The Morgan fingerprint density at radius 3 is 2.19 bits per heavy atom. The zero-order valence-electron chi connectivity index (χ0n) is 18.3. The third-order valence-electron chi connectivity index (χ3n) is 5.04. The molecule has 0 aliphatic carbocycles. The van der Waals surface area contributed by atoms with Gasteiger partial charge in [0.1, 0.15) is 5.76 Å². The molecule has 9 nitrogen and oxygen atoms in total. The van der Waals surface area contributed by atoms with Crippen LogP contribution in [-0.4, -0.2) is 74.0 Å². The van der Waals surface area contributed by atoms with E-state index in [0.29, 0.717) is 17.3 Å². The molecule has 2 heterocycles. The van der Waals surface area contributed by atoms with Crippen LogP contribution in [0.3, 0.4) is 0 Å². The molecule has 3 atom stereocenters. The number of rotatable bonds is 6. The van der Waals surface area contributed by atoms with E-state index in [-0.39, 0.29) is 0 Å². The van der Waals surface area contributed by atoms with Crippen LogP contribution in [0.2, 0.25) is 5.02 Å². The van der Waals surface area contributed by atoms with Gasteiger partial charge < -0.3 is 23.8 Å². The summed E-state index contributed by atoms with van der Waals surface area (Å²) in [6.45, 7) is 7.14. The van der Waals surface area contributed by atoms with Crippen LogP contribution in [0.5, 0.6) is 0 Å². The molecule has 0 unspecified atom stereocenters. The van der Waals surface area contributed by atoms with Gasteiger partial charge in [-0.1, -0.05) is 23.7 Å². The van der Waals surface area contributed by atoms with Crippen molar-refractivity contribution in [2.75, 3.05) is 37.6 Å². The number of hydrogen-bond acceptors (Lipinski definition) is 9. The van der Waals surface area contributed by atoms with Crippen molar-refractivity contribution in [3.8, 4) is 0 Å². The fraction of sp³-hybridized carbons (Fsp3) is 0.500. The van der Waals surface area contributed by atoms with Crippen molar-refractivity contribution >= 4 is 35.2 Å². The molecule has 0 N–H and O–H groups in total. The standard InChI is InChI=1S/C22H27ClN2O7/c1-14(26)29-20-12-17(32-22(31-16(3)28)21(20)30-15(2)27)13-24-8-10-25(11-9-24)19-7-5-4-6-18(19)23/h4-7,12,20-22H,8-11,13H2,1-3H3/t20-,21+,22+/m0/s1. The third-order valence-corrected chi connectivity index (χ3v) is 5.36. The lowest BCUT2D eigenvalue weighted by atomic mass is 10.1. The molecule has 1 aromatic rings. The third kappa shape index (κ3) is 6.37. The lowest BCUT2D eigenvalue weighted by Crippen LogP contribution is -2.51. The molecule has 0 radical (unpaired) electrons. The van der Waals surface area contributed by atoms with E-state index in [1.165, 1.54) is 20.8 Å². The monoisotopic (exact) mass is 466 g/mol. The van der Waals surface area contributed by atoms with E-state index in [4.69, 9.17) is 30.5 Å². The van der Waals surface area contributed by atoms with E-state index < -0.39 is 36.4 Å². The topological polar surface area (TPSA) is 94.6 Å². The van der Waals surface area contributed by atoms with Crippen LogP contribution >= 0.6 is 11.6 Å². The Bertz CT molecular complexity index is 883. The second kappa shape index (κ2) is 10.7. The zero-order chi connectivity index (χ0) is 23.3. The summed E-state index contributed by atoms with van der Waals surface area (Å²) in [5.74, 6) is -1.31. The smallest absolute Gasteiger partial charge is 0.305 e. The van der Waals surface area contributed by atoms with Crippen molar-refractivity contribution in [3.05, 3.63) is 41.1 Å². The summed E-state index contributed by atoms with van der Waals surface area (Å²) < 4.78 is 21.6. The number of esters is 3. The summed E-state index contributed by atoms with van der Waals surface area (Å²) in [6.07, 6.45) is -1.66. The highest BCUT2D eigenvalue weighted by atomic mass is 35.5. The predicted octanol–water partition coefficient (Wildman–Crippen LogP) is 2.13. The number of ether oxygens (including phenoxy) is 4. The van der Waals surface area contributed by atoms with Gasteiger partial charge in [0.2, 0.25) is 6.10 Å². The number of anilines is 1. The first-order chi connectivity index (χ1) is 15.2. The largest absolute Gasteiger partial charge is 0.454 e. The van der Waals surface area contributed by atoms with Gasteiger partial charge >= 0.3 is 17.9 Å². The van der Waals surface area contributed by atoms with Crippen molar-refractivity contribution in [1.82, 2.24) is 4.90 Å². The molecule has 10 heteroatoms. The Balaban J connectivity index is 1.70. The van der Waals surface area contributed by atoms with Crippen LogP contribution in [0.25, 0.3) is 0 Å². The molecule has 0 saturated carbocycles. The SMILES string of the molecule is CC(=O)O[C@@H]1OC(CN2CCN(c3ccccc3Cl)CC2)=C[C@H](OC(C)=O)[C@H]1OC(C)=O. The maximum Gasteiger partial charge on any atom is 0.305 e. The maximum absolute atomic E-state index is 11.6. The fourth-order valence-corrected chi connectivity index (χ4v) is 3.97. The fourth-order valence-electron chi connectivity index (χ4n) is 3.72. The van der Waals surface area contributed by atoms with Crippen LogP contribution in [0.15, 0.2) is 36.1 Å². The molecule has 32 heavy (non-hydrogen) atoms. The van der Waals surface area contributed by atoms with Crippen molar-refractivity contribution in [2.45, 2.75) is 39.3 Å². The lowest BCUT2D eigenvalue weighted by molar-refractivity contribution is -0.222. The lowest BCUT2D eigenvalue weighted by Gasteiger charge is -2.39. The Morgan fingerprint density at radius 2 is 1.59 bits per heavy atom. The highest BCUT2D eigenvalue weighted by molar-refractivity contribution is 6.33.